The topological polar surface area (TPSA) is 133 Å². The number of nitrogens with zero attached hydrogens (tertiary/aromatic N) is 4. The molecule has 0 bridgehead atoms. The lowest BCUT2D eigenvalue weighted by Gasteiger charge is -2.08. The molecule has 30 heavy (non-hydrogen) atoms. The normalized spacial score (nSPS) is 13.9. The van der Waals surface area contributed by atoms with Gasteiger partial charge in [0, 0.05) is 29.8 Å². The zero-order valence-corrected chi connectivity index (χ0v) is 17.5. The largest absolute Gasteiger partial charge is 0.464 e. The Kier molecular flexibility index (Phi) is 4.91. The van der Waals surface area contributed by atoms with Crippen LogP contribution in [0.2, 0.25) is 0 Å². The first kappa shape index (κ1) is 19.1. The number of amides is 1. The third-order valence-corrected chi connectivity index (χ3v) is 6.74. The third kappa shape index (κ3) is 3.65. The molecule has 1 amide bonds. The molecule has 3 N–H and O–H groups in total. The number of nitrogens with two attached hydrogens (primary N) is 1. The highest BCUT2D eigenvalue weighted by atomic mass is 32.2. The first-order valence-corrected chi connectivity index (χ1v) is 11.3. The van der Waals surface area contributed by atoms with E-state index in [0.29, 0.717) is 45.2 Å². The smallest absolute Gasteiger partial charge is 0.260 e. The van der Waals surface area contributed by atoms with Crippen molar-refractivity contribution in [3.8, 4) is 11.3 Å². The molecule has 4 aromatic heterocycles. The SMILES string of the molecule is NC(=O)CCn1c(SCc2nc3scc(-c4ccco4)c3c(=O)[nH]2)nnc1C1CC1. The minimum Gasteiger partial charge on any atom is -0.464 e. The van der Waals surface area contributed by atoms with E-state index in [4.69, 9.17) is 10.2 Å². The zero-order valence-electron chi connectivity index (χ0n) is 15.8. The second-order valence-electron chi connectivity index (χ2n) is 7.09. The van der Waals surface area contributed by atoms with Crippen molar-refractivity contribution in [3.05, 3.63) is 45.8 Å². The number of H-pyrrole nitrogens is 1. The first-order chi connectivity index (χ1) is 14.6. The minimum absolute atomic E-state index is 0.197. The van der Waals surface area contributed by atoms with Crippen molar-refractivity contribution < 1.29 is 9.21 Å². The van der Waals surface area contributed by atoms with Gasteiger partial charge in [-0.25, -0.2) is 4.98 Å². The summed E-state index contributed by atoms with van der Waals surface area (Å²) in [7, 11) is 0. The Morgan fingerprint density at radius 2 is 2.27 bits per heavy atom. The molecule has 154 valence electrons. The Balaban J connectivity index is 1.39. The maximum absolute atomic E-state index is 12.7. The Bertz CT molecular complexity index is 1270. The number of thiophene rings is 1. The number of hydrogen-bond donors (Lipinski definition) is 2. The summed E-state index contributed by atoms with van der Waals surface area (Å²) in [5, 5.41) is 11.7. The van der Waals surface area contributed by atoms with Crippen LogP contribution in [0, 0.1) is 0 Å². The number of fused-ring (bicyclic) bond motifs is 1. The Labute approximate surface area is 178 Å². The second kappa shape index (κ2) is 7.73. The maximum atomic E-state index is 12.7. The van der Waals surface area contributed by atoms with Crippen LogP contribution < -0.4 is 11.3 Å². The van der Waals surface area contributed by atoms with Gasteiger partial charge in [-0.3, -0.25) is 9.59 Å². The van der Waals surface area contributed by atoms with Crippen LogP contribution in [0.3, 0.4) is 0 Å². The molecular weight excluding hydrogens is 424 g/mol. The highest BCUT2D eigenvalue weighted by Gasteiger charge is 2.30. The highest BCUT2D eigenvalue weighted by Crippen LogP contribution is 2.40. The van der Waals surface area contributed by atoms with Gasteiger partial charge in [0.1, 0.15) is 22.2 Å². The van der Waals surface area contributed by atoms with E-state index in [9.17, 15) is 9.59 Å². The molecule has 1 aliphatic rings. The second-order valence-corrected chi connectivity index (χ2v) is 8.89. The van der Waals surface area contributed by atoms with E-state index < -0.39 is 0 Å². The quantitative estimate of drug-likeness (QED) is 0.401. The molecule has 1 saturated carbocycles. The number of furan rings is 1. The van der Waals surface area contributed by atoms with Crippen LogP contribution in [0.25, 0.3) is 21.5 Å². The van der Waals surface area contributed by atoms with Crippen molar-refractivity contribution in [2.24, 2.45) is 5.73 Å². The van der Waals surface area contributed by atoms with Crippen molar-refractivity contribution in [1.29, 1.82) is 0 Å². The average Bonchev–Trinajstić information content (AvgIpc) is 3.12. The van der Waals surface area contributed by atoms with E-state index in [2.05, 4.69) is 20.2 Å². The number of nitrogens with one attached hydrogen (secondary N) is 1. The Morgan fingerprint density at radius 3 is 3.00 bits per heavy atom. The van der Waals surface area contributed by atoms with Crippen molar-refractivity contribution >= 4 is 39.2 Å². The number of rotatable bonds is 8. The fraction of sp³-hybridized carbons (Fsp3) is 0.316. The average molecular weight is 443 g/mol. The number of carbonyl (C=O) groups is 1. The number of carbonyl (C=O) groups excluding carboxylic acids is 1. The number of aromatic nitrogens is 5. The molecule has 11 heteroatoms. The molecule has 0 spiro atoms. The lowest BCUT2D eigenvalue weighted by molar-refractivity contribution is -0.118. The minimum atomic E-state index is -0.358. The van der Waals surface area contributed by atoms with Crippen molar-refractivity contribution in [1.82, 2.24) is 24.7 Å². The molecule has 0 unspecified atom stereocenters. The number of thioether (sulfide) groups is 1. The summed E-state index contributed by atoms with van der Waals surface area (Å²) in [6.45, 7) is 0.455. The molecule has 1 aliphatic carbocycles. The molecule has 9 nitrogen and oxygen atoms in total. The van der Waals surface area contributed by atoms with Gasteiger partial charge >= 0.3 is 0 Å². The predicted molar refractivity (Wildman–Crippen MR) is 113 cm³/mol. The molecule has 4 aromatic rings. The lowest BCUT2D eigenvalue weighted by atomic mass is 10.2. The van der Waals surface area contributed by atoms with E-state index in [1.165, 1.54) is 23.1 Å². The number of aromatic amines is 1. The van der Waals surface area contributed by atoms with Gasteiger partial charge in [0.2, 0.25) is 5.91 Å². The van der Waals surface area contributed by atoms with Crippen LogP contribution in [0.15, 0.2) is 38.1 Å². The van der Waals surface area contributed by atoms with Crippen LogP contribution in [-0.2, 0) is 17.1 Å². The van der Waals surface area contributed by atoms with Gasteiger partial charge in [0.05, 0.1) is 17.4 Å². The summed E-state index contributed by atoms with van der Waals surface area (Å²) in [6.07, 6.45) is 3.98. The molecule has 0 aromatic carbocycles. The van der Waals surface area contributed by atoms with Gasteiger partial charge in [-0.2, -0.15) is 0 Å². The Morgan fingerprint density at radius 1 is 1.40 bits per heavy atom. The summed E-state index contributed by atoms with van der Waals surface area (Å²) < 4.78 is 7.39. The molecule has 0 radical (unpaired) electrons. The lowest BCUT2D eigenvalue weighted by Crippen LogP contribution is -2.15. The maximum Gasteiger partial charge on any atom is 0.260 e. The summed E-state index contributed by atoms with van der Waals surface area (Å²) in [6, 6.07) is 3.61. The molecule has 0 atom stereocenters. The molecule has 0 saturated heterocycles. The summed E-state index contributed by atoms with van der Waals surface area (Å²) in [4.78, 5) is 32.1. The van der Waals surface area contributed by atoms with Crippen molar-refractivity contribution in [2.75, 3.05) is 0 Å². The fourth-order valence-corrected chi connectivity index (χ4v) is 5.08. The van der Waals surface area contributed by atoms with Gasteiger partial charge in [-0.15, -0.1) is 21.5 Å². The van der Waals surface area contributed by atoms with Crippen LogP contribution in [0.5, 0.6) is 0 Å². The summed E-state index contributed by atoms with van der Waals surface area (Å²) in [5.41, 5.74) is 5.86. The molecule has 4 heterocycles. The van der Waals surface area contributed by atoms with Crippen LogP contribution in [0.1, 0.15) is 36.8 Å². The van der Waals surface area contributed by atoms with Gasteiger partial charge in [0.15, 0.2) is 5.16 Å². The molecule has 5 rings (SSSR count). The Hall–Kier alpha value is -2.92. The van der Waals surface area contributed by atoms with Gasteiger partial charge in [0.25, 0.3) is 5.56 Å². The molecular formula is C19H18N6O3S2. The first-order valence-electron chi connectivity index (χ1n) is 9.48. The number of primary amides is 1. The van der Waals surface area contributed by atoms with E-state index in [-0.39, 0.29) is 17.9 Å². The van der Waals surface area contributed by atoms with Crippen molar-refractivity contribution in [2.45, 2.75) is 42.6 Å². The van der Waals surface area contributed by atoms with Crippen LogP contribution in [-0.4, -0.2) is 30.6 Å². The van der Waals surface area contributed by atoms with E-state index in [0.717, 1.165) is 24.2 Å². The van der Waals surface area contributed by atoms with E-state index in [1.807, 2.05) is 16.0 Å². The van der Waals surface area contributed by atoms with Crippen LogP contribution in [0.4, 0.5) is 0 Å². The summed E-state index contributed by atoms with van der Waals surface area (Å²) >= 11 is 2.84. The van der Waals surface area contributed by atoms with Crippen LogP contribution >= 0.6 is 23.1 Å². The van der Waals surface area contributed by atoms with Gasteiger partial charge in [-0.1, -0.05) is 11.8 Å². The summed E-state index contributed by atoms with van der Waals surface area (Å²) in [5.74, 6) is 2.58. The van der Waals surface area contributed by atoms with Gasteiger partial charge in [-0.05, 0) is 25.0 Å². The van der Waals surface area contributed by atoms with Crippen molar-refractivity contribution in [3.63, 3.8) is 0 Å². The standard InChI is InChI=1S/C19H18N6O3S2/c20-13(26)5-6-25-16(10-3-4-10)23-24-19(25)30-9-14-21-17(27)15-11(8-29-18(15)22-14)12-2-1-7-28-12/h1-2,7-8,10H,3-6,9H2,(H2,20,26)(H,21,22,27). The molecule has 0 aliphatic heterocycles. The monoisotopic (exact) mass is 442 g/mol. The number of hydrogen-bond acceptors (Lipinski definition) is 8. The van der Waals surface area contributed by atoms with E-state index in [1.54, 1.807) is 12.3 Å². The fourth-order valence-electron chi connectivity index (χ4n) is 3.29. The predicted octanol–water partition coefficient (Wildman–Crippen LogP) is 2.88. The highest BCUT2D eigenvalue weighted by molar-refractivity contribution is 7.98. The zero-order chi connectivity index (χ0) is 20.7. The van der Waals surface area contributed by atoms with E-state index >= 15 is 0 Å². The molecule has 1 fully saturated rings. The third-order valence-electron chi connectivity index (χ3n) is 4.89. The van der Waals surface area contributed by atoms with Gasteiger partial charge < -0.3 is 19.7 Å².